The maximum absolute atomic E-state index is 12.4. The van der Waals surface area contributed by atoms with Gasteiger partial charge in [0.15, 0.2) is 0 Å². The molecule has 1 fully saturated rings. The van der Waals surface area contributed by atoms with E-state index in [4.69, 9.17) is 0 Å². The fourth-order valence-corrected chi connectivity index (χ4v) is 3.21. The van der Waals surface area contributed by atoms with Gasteiger partial charge in [0.25, 0.3) is 11.8 Å². The first-order valence-electron chi connectivity index (χ1n) is 8.91. The summed E-state index contributed by atoms with van der Waals surface area (Å²) in [6.07, 6.45) is 6.53. The number of aromatic nitrogens is 3. The fraction of sp³-hybridized carbons (Fsp3) is 0.250. The first-order valence-corrected chi connectivity index (χ1v) is 8.91. The first-order chi connectivity index (χ1) is 13.2. The third-order valence-corrected chi connectivity index (χ3v) is 4.97. The highest BCUT2D eigenvalue weighted by atomic mass is 16.2. The Balaban J connectivity index is 1.32. The summed E-state index contributed by atoms with van der Waals surface area (Å²) in [7, 11) is 0. The summed E-state index contributed by atoms with van der Waals surface area (Å²) >= 11 is 0. The lowest BCUT2D eigenvalue weighted by molar-refractivity contribution is 0.0858. The second-order valence-corrected chi connectivity index (χ2v) is 6.67. The molecule has 7 nitrogen and oxygen atoms in total. The van der Waals surface area contributed by atoms with Crippen LogP contribution in [0.5, 0.6) is 0 Å². The highest BCUT2D eigenvalue weighted by Crippen LogP contribution is 2.27. The van der Waals surface area contributed by atoms with E-state index in [1.54, 1.807) is 24.4 Å². The van der Waals surface area contributed by atoms with E-state index in [0.29, 0.717) is 17.7 Å². The normalized spacial score (nSPS) is 18.5. The highest BCUT2D eigenvalue weighted by Gasteiger charge is 2.32. The number of fused-ring (bicyclic) bond motifs is 1. The van der Waals surface area contributed by atoms with E-state index in [1.807, 2.05) is 18.2 Å². The maximum atomic E-state index is 12.4. The minimum Gasteiger partial charge on any atom is -0.352 e. The Kier molecular flexibility index (Phi) is 4.74. The molecule has 1 aliphatic carbocycles. The summed E-state index contributed by atoms with van der Waals surface area (Å²) in [5, 5.41) is 14.4. The van der Waals surface area contributed by atoms with Gasteiger partial charge in [-0.25, -0.2) is 0 Å². The first kappa shape index (κ1) is 17.1. The van der Waals surface area contributed by atoms with Crippen LogP contribution in [0.25, 0.3) is 10.9 Å². The third kappa shape index (κ3) is 3.76. The molecule has 0 unspecified atom stereocenters. The molecular weight excluding hydrogens is 342 g/mol. The van der Waals surface area contributed by atoms with Crippen molar-refractivity contribution in [2.45, 2.75) is 18.9 Å². The average Bonchev–Trinajstić information content (AvgIpc) is 2.71. The van der Waals surface area contributed by atoms with Crippen molar-refractivity contribution >= 4 is 22.7 Å². The predicted molar refractivity (Wildman–Crippen MR) is 100 cm³/mol. The second-order valence-electron chi connectivity index (χ2n) is 6.67. The van der Waals surface area contributed by atoms with Crippen molar-refractivity contribution in [3.05, 3.63) is 66.1 Å². The minimum absolute atomic E-state index is 0.0595. The van der Waals surface area contributed by atoms with Gasteiger partial charge >= 0.3 is 0 Å². The smallest absolute Gasteiger partial charge is 0.253 e. The van der Waals surface area contributed by atoms with Crippen LogP contribution in [-0.4, -0.2) is 39.6 Å². The molecular formula is C20H19N5O2. The molecule has 27 heavy (non-hydrogen) atoms. The van der Waals surface area contributed by atoms with Crippen LogP contribution >= 0.6 is 0 Å². The van der Waals surface area contributed by atoms with Crippen molar-refractivity contribution in [2.75, 3.05) is 6.54 Å². The van der Waals surface area contributed by atoms with Crippen LogP contribution in [0.15, 0.2) is 55.0 Å². The number of carbonyl (C=O) groups excluding carboxylic acids is 2. The largest absolute Gasteiger partial charge is 0.352 e. The van der Waals surface area contributed by atoms with Gasteiger partial charge in [-0.2, -0.15) is 10.2 Å². The Morgan fingerprint density at radius 2 is 1.93 bits per heavy atom. The Morgan fingerprint density at radius 3 is 2.70 bits per heavy atom. The van der Waals surface area contributed by atoms with Crippen LogP contribution in [0.4, 0.5) is 0 Å². The lowest BCUT2D eigenvalue weighted by Gasteiger charge is -2.37. The van der Waals surface area contributed by atoms with E-state index in [-0.39, 0.29) is 23.8 Å². The maximum Gasteiger partial charge on any atom is 0.253 e. The van der Waals surface area contributed by atoms with E-state index in [0.717, 1.165) is 23.7 Å². The van der Waals surface area contributed by atoms with Crippen molar-refractivity contribution < 1.29 is 9.59 Å². The molecule has 3 aromatic rings. The lowest BCUT2D eigenvalue weighted by atomic mass is 9.79. The topological polar surface area (TPSA) is 96.9 Å². The molecule has 2 heterocycles. The van der Waals surface area contributed by atoms with Crippen molar-refractivity contribution in [2.24, 2.45) is 5.92 Å². The molecule has 1 aliphatic rings. The number of nitrogens with zero attached hydrogens (tertiary/aromatic N) is 3. The zero-order valence-electron chi connectivity index (χ0n) is 14.6. The summed E-state index contributed by atoms with van der Waals surface area (Å²) in [5.41, 5.74) is 1.87. The van der Waals surface area contributed by atoms with Crippen LogP contribution in [-0.2, 0) is 0 Å². The quantitative estimate of drug-likeness (QED) is 0.724. The van der Waals surface area contributed by atoms with Gasteiger partial charge in [-0.05, 0) is 43.0 Å². The Bertz CT molecular complexity index is 976. The number of hydrogen-bond acceptors (Lipinski definition) is 5. The molecule has 4 rings (SSSR count). The van der Waals surface area contributed by atoms with Gasteiger partial charge in [-0.1, -0.05) is 12.1 Å². The Morgan fingerprint density at radius 1 is 1.00 bits per heavy atom. The molecule has 0 spiro atoms. The zero-order chi connectivity index (χ0) is 18.6. The van der Waals surface area contributed by atoms with E-state index in [2.05, 4.69) is 25.8 Å². The molecule has 0 radical (unpaired) electrons. The number of benzene rings is 1. The van der Waals surface area contributed by atoms with Gasteiger partial charge in [0.1, 0.15) is 0 Å². The van der Waals surface area contributed by atoms with Gasteiger partial charge in [0, 0.05) is 29.7 Å². The summed E-state index contributed by atoms with van der Waals surface area (Å²) in [6, 6.07) is 11.0. The molecule has 1 aromatic carbocycles. The van der Waals surface area contributed by atoms with Crippen molar-refractivity contribution in [3.8, 4) is 0 Å². The minimum atomic E-state index is -0.161. The van der Waals surface area contributed by atoms with Crippen LogP contribution in [0.3, 0.4) is 0 Å². The highest BCUT2D eigenvalue weighted by molar-refractivity contribution is 5.97. The SMILES string of the molecule is O=C(NC[C@@H]1CC[C@@H]1NC(=O)c1ccnnc1)c1ccc2cccnc2c1. The molecule has 0 bridgehead atoms. The molecule has 0 saturated heterocycles. The molecule has 136 valence electrons. The molecule has 7 heteroatoms. The van der Waals surface area contributed by atoms with Crippen molar-refractivity contribution in [1.29, 1.82) is 0 Å². The summed E-state index contributed by atoms with van der Waals surface area (Å²) in [6.45, 7) is 0.526. The summed E-state index contributed by atoms with van der Waals surface area (Å²) in [5.74, 6) is -0.0596. The van der Waals surface area contributed by atoms with E-state index in [9.17, 15) is 9.59 Å². The number of hydrogen-bond donors (Lipinski definition) is 2. The second kappa shape index (κ2) is 7.49. The number of carbonyl (C=O) groups is 2. The number of rotatable bonds is 5. The average molecular weight is 361 g/mol. The molecule has 2 atom stereocenters. The van der Waals surface area contributed by atoms with Gasteiger partial charge in [-0.15, -0.1) is 0 Å². The van der Waals surface area contributed by atoms with E-state index in [1.165, 1.54) is 12.4 Å². The lowest BCUT2D eigenvalue weighted by Crippen LogP contribution is -2.50. The van der Waals surface area contributed by atoms with Crippen molar-refractivity contribution in [3.63, 3.8) is 0 Å². The standard InChI is InChI=1S/C20H19N5O2/c26-19(14-4-3-13-2-1-8-21-18(13)10-14)22-11-15-5-6-17(15)25-20(27)16-7-9-23-24-12-16/h1-4,7-10,12,15,17H,5-6,11H2,(H,22,26)(H,25,27)/t15-,17-/m0/s1. The van der Waals surface area contributed by atoms with E-state index < -0.39 is 0 Å². The number of nitrogens with one attached hydrogen (secondary N) is 2. The number of amides is 2. The molecule has 2 amide bonds. The van der Waals surface area contributed by atoms with Crippen LogP contribution in [0, 0.1) is 5.92 Å². The molecule has 2 aromatic heterocycles. The predicted octanol–water partition coefficient (Wildman–Crippen LogP) is 1.96. The van der Waals surface area contributed by atoms with E-state index >= 15 is 0 Å². The van der Waals surface area contributed by atoms with Crippen molar-refractivity contribution in [1.82, 2.24) is 25.8 Å². The summed E-state index contributed by atoms with van der Waals surface area (Å²) in [4.78, 5) is 28.9. The van der Waals surface area contributed by atoms with Gasteiger partial charge in [0.05, 0.1) is 23.5 Å². The number of pyridine rings is 1. The van der Waals surface area contributed by atoms with Crippen LogP contribution in [0.2, 0.25) is 0 Å². The molecule has 0 aliphatic heterocycles. The van der Waals surface area contributed by atoms with Gasteiger partial charge < -0.3 is 10.6 Å². The molecule has 2 N–H and O–H groups in total. The summed E-state index contributed by atoms with van der Waals surface area (Å²) < 4.78 is 0. The zero-order valence-corrected chi connectivity index (χ0v) is 14.6. The molecule has 1 saturated carbocycles. The third-order valence-electron chi connectivity index (χ3n) is 4.97. The monoisotopic (exact) mass is 361 g/mol. The Hall–Kier alpha value is -3.35. The van der Waals surface area contributed by atoms with Crippen LogP contribution < -0.4 is 10.6 Å². The fourth-order valence-electron chi connectivity index (χ4n) is 3.21. The van der Waals surface area contributed by atoms with Gasteiger partial charge in [-0.3, -0.25) is 14.6 Å². The van der Waals surface area contributed by atoms with Crippen LogP contribution in [0.1, 0.15) is 33.6 Å². The van der Waals surface area contributed by atoms with Gasteiger partial charge in [0.2, 0.25) is 0 Å². The Labute approximate surface area is 156 Å².